The minimum Gasteiger partial charge on any atom is -0.323 e. The van der Waals surface area contributed by atoms with Crippen LogP contribution in [0, 0.1) is 0 Å². The van der Waals surface area contributed by atoms with Crippen molar-refractivity contribution >= 4 is 64.8 Å². The van der Waals surface area contributed by atoms with Crippen molar-refractivity contribution in [3.8, 4) is 0 Å². The Hall–Kier alpha value is -0.270. The monoisotopic (exact) mass is 416 g/mol. The van der Waals surface area contributed by atoms with E-state index in [2.05, 4.69) is 49.0 Å². The van der Waals surface area contributed by atoms with E-state index < -0.39 is 0 Å². The topological polar surface area (TPSA) is 38.9 Å². The summed E-state index contributed by atoms with van der Waals surface area (Å²) in [6.45, 7) is 0. The zero-order valence-corrected chi connectivity index (χ0v) is 14.6. The van der Waals surface area contributed by atoms with E-state index in [1.807, 2.05) is 18.2 Å². The van der Waals surface area contributed by atoms with Gasteiger partial charge in [0.05, 0.1) is 19.0 Å². The van der Waals surface area contributed by atoms with Crippen LogP contribution in [0.5, 0.6) is 0 Å². The van der Waals surface area contributed by atoms with Crippen molar-refractivity contribution in [2.24, 2.45) is 5.73 Å². The molecule has 0 amide bonds. The minimum absolute atomic E-state index is 0.00633. The molecule has 0 fully saturated rings. The van der Waals surface area contributed by atoms with Gasteiger partial charge in [0.2, 0.25) is 0 Å². The lowest BCUT2D eigenvalue weighted by molar-refractivity contribution is 0.733. The van der Waals surface area contributed by atoms with E-state index in [-0.39, 0.29) is 6.04 Å². The van der Waals surface area contributed by atoms with Gasteiger partial charge in [-0.25, -0.2) is 4.98 Å². The third-order valence-electron chi connectivity index (χ3n) is 2.76. The number of rotatable bonds is 3. The number of nitrogens with zero attached hydrogens (tertiary/aromatic N) is 1. The van der Waals surface area contributed by atoms with Gasteiger partial charge in [-0.05, 0) is 50.1 Å². The zero-order valence-electron chi connectivity index (χ0n) is 9.77. The van der Waals surface area contributed by atoms with Gasteiger partial charge < -0.3 is 5.73 Å². The number of fused-ring (bicyclic) bond motifs is 1. The summed E-state index contributed by atoms with van der Waals surface area (Å²) in [6.07, 6.45) is 0.777. The van der Waals surface area contributed by atoms with Crippen LogP contribution in [-0.2, 0) is 6.42 Å². The molecule has 6 heteroatoms. The Labute approximate surface area is 135 Å². The van der Waals surface area contributed by atoms with Crippen LogP contribution in [-0.4, -0.2) is 4.98 Å². The van der Waals surface area contributed by atoms with Crippen LogP contribution < -0.4 is 5.73 Å². The fourth-order valence-corrected chi connectivity index (χ4v) is 4.96. The summed E-state index contributed by atoms with van der Waals surface area (Å²) in [7, 11) is 0. The number of hydrogen-bond acceptors (Lipinski definition) is 4. The summed E-state index contributed by atoms with van der Waals surface area (Å²) in [5, 5.41) is 1.09. The molecule has 19 heavy (non-hydrogen) atoms. The first-order valence-corrected chi connectivity index (χ1v) is 8.90. The fourth-order valence-electron chi connectivity index (χ4n) is 1.84. The number of thiophene rings is 1. The van der Waals surface area contributed by atoms with Crippen molar-refractivity contribution < 1.29 is 0 Å². The molecule has 0 spiro atoms. The van der Waals surface area contributed by atoms with Gasteiger partial charge in [0, 0.05) is 21.8 Å². The van der Waals surface area contributed by atoms with Crippen molar-refractivity contribution in [3.63, 3.8) is 0 Å². The molecule has 1 aromatic carbocycles. The number of nitrogens with two attached hydrogens (primary N) is 1. The lowest BCUT2D eigenvalue weighted by Crippen LogP contribution is -2.11. The van der Waals surface area contributed by atoms with E-state index in [9.17, 15) is 0 Å². The first kappa shape index (κ1) is 13.7. The van der Waals surface area contributed by atoms with Gasteiger partial charge in [-0.15, -0.1) is 22.7 Å². The molecule has 0 aliphatic rings. The van der Waals surface area contributed by atoms with Crippen LogP contribution in [0.3, 0.4) is 0 Å². The lowest BCUT2D eigenvalue weighted by atomic mass is 10.2. The highest BCUT2D eigenvalue weighted by Gasteiger charge is 2.14. The van der Waals surface area contributed by atoms with Crippen LogP contribution >= 0.6 is 54.5 Å². The summed E-state index contributed by atoms with van der Waals surface area (Å²) in [6, 6.07) is 10.3. The van der Waals surface area contributed by atoms with Crippen molar-refractivity contribution in [2.45, 2.75) is 12.5 Å². The molecular weight excluding hydrogens is 408 g/mol. The Bertz CT molecular complexity index is 668. The third kappa shape index (κ3) is 2.92. The van der Waals surface area contributed by atoms with Crippen molar-refractivity contribution in [1.82, 2.24) is 4.98 Å². The molecule has 2 aromatic heterocycles. The molecule has 0 bridgehead atoms. The van der Waals surface area contributed by atoms with Crippen LogP contribution in [0.2, 0.25) is 0 Å². The minimum atomic E-state index is -0.00633. The van der Waals surface area contributed by atoms with Gasteiger partial charge in [0.25, 0.3) is 0 Å². The van der Waals surface area contributed by atoms with E-state index in [1.165, 1.54) is 4.70 Å². The second-order valence-corrected chi connectivity index (χ2v) is 8.53. The molecule has 0 aliphatic carbocycles. The molecule has 0 aliphatic heterocycles. The number of benzene rings is 1. The highest BCUT2D eigenvalue weighted by Crippen LogP contribution is 2.36. The summed E-state index contributed by atoms with van der Waals surface area (Å²) < 4.78 is 3.37. The fraction of sp³-hybridized carbons (Fsp3) is 0.154. The molecule has 2 N–H and O–H groups in total. The second kappa shape index (κ2) is 5.61. The summed E-state index contributed by atoms with van der Waals surface area (Å²) in [4.78, 5) is 5.79. The molecule has 3 rings (SSSR count). The van der Waals surface area contributed by atoms with E-state index in [4.69, 9.17) is 5.73 Å². The Kier molecular flexibility index (Phi) is 4.05. The first-order chi connectivity index (χ1) is 9.13. The molecule has 0 radical (unpaired) electrons. The highest BCUT2D eigenvalue weighted by atomic mass is 79.9. The quantitative estimate of drug-likeness (QED) is 0.641. The van der Waals surface area contributed by atoms with E-state index in [0.29, 0.717) is 0 Å². The largest absolute Gasteiger partial charge is 0.323 e. The summed E-state index contributed by atoms with van der Waals surface area (Å²) >= 11 is 10.4. The van der Waals surface area contributed by atoms with Crippen LogP contribution in [0.15, 0.2) is 38.6 Å². The maximum Gasteiger partial charge on any atom is 0.0957 e. The van der Waals surface area contributed by atoms with Crippen LogP contribution in [0.4, 0.5) is 0 Å². The predicted octanol–water partition coefficient (Wildman–Crippen LogP) is 5.13. The lowest BCUT2D eigenvalue weighted by Gasteiger charge is -2.06. The smallest absolute Gasteiger partial charge is 0.0957 e. The molecule has 3 aromatic rings. The Balaban J connectivity index is 1.84. The Morgan fingerprint density at radius 2 is 2.00 bits per heavy atom. The summed E-state index contributed by atoms with van der Waals surface area (Å²) in [5.74, 6) is 0. The summed E-state index contributed by atoms with van der Waals surface area (Å²) in [5.41, 5.74) is 7.33. The number of para-hydroxylation sites is 1. The van der Waals surface area contributed by atoms with E-state index in [0.717, 1.165) is 30.1 Å². The van der Waals surface area contributed by atoms with Gasteiger partial charge >= 0.3 is 0 Å². The number of hydrogen-bond donors (Lipinski definition) is 1. The average Bonchev–Trinajstić information content (AvgIpc) is 2.93. The molecule has 1 unspecified atom stereocenters. The third-order valence-corrected chi connectivity index (χ3v) is 7.21. The molecule has 2 heterocycles. The van der Waals surface area contributed by atoms with Crippen LogP contribution in [0.25, 0.3) is 10.2 Å². The number of aromatic nitrogens is 1. The van der Waals surface area contributed by atoms with Gasteiger partial charge in [-0.1, -0.05) is 12.1 Å². The van der Waals surface area contributed by atoms with E-state index in [1.54, 1.807) is 22.7 Å². The van der Waals surface area contributed by atoms with Gasteiger partial charge in [-0.2, -0.15) is 0 Å². The van der Waals surface area contributed by atoms with Crippen molar-refractivity contribution in [3.05, 3.63) is 48.5 Å². The standard InChI is InChI=1S/C13H10Br2N2S2/c14-7-5-11(19-13(7)15)8(16)6-12-17-9-3-1-2-4-10(9)18-12/h1-5,8H,6,16H2. The molecule has 98 valence electrons. The molecule has 0 saturated heterocycles. The zero-order chi connectivity index (χ0) is 13.4. The molecular formula is C13H10Br2N2S2. The van der Waals surface area contributed by atoms with Crippen LogP contribution in [0.1, 0.15) is 15.9 Å². The predicted molar refractivity (Wildman–Crippen MR) is 90.0 cm³/mol. The first-order valence-electron chi connectivity index (χ1n) is 5.68. The molecule has 0 saturated carbocycles. The van der Waals surface area contributed by atoms with Gasteiger partial charge in [0.1, 0.15) is 0 Å². The SMILES string of the molecule is NC(Cc1nc2ccccc2s1)c1cc(Br)c(Br)s1. The highest BCUT2D eigenvalue weighted by molar-refractivity contribution is 9.13. The molecule has 2 nitrogen and oxygen atoms in total. The Morgan fingerprint density at radius 3 is 2.68 bits per heavy atom. The Morgan fingerprint density at radius 1 is 1.21 bits per heavy atom. The van der Waals surface area contributed by atoms with Crippen molar-refractivity contribution in [1.29, 1.82) is 0 Å². The average molecular weight is 418 g/mol. The normalized spacial score (nSPS) is 13.0. The maximum atomic E-state index is 6.27. The second-order valence-electron chi connectivity index (χ2n) is 4.16. The number of halogens is 2. The molecule has 1 atom stereocenters. The van der Waals surface area contributed by atoms with Crippen molar-refractivity contribution in [2.75, 3.05) is 0 Å². The maximum absolute atomic E-state index is 6.27. The number of thiazole rings is 1. The van der Waals surface area contributed by atoms with E-state index >= 15 is 0 Å². The van der Waals surface area contributed by atoms with Gasteiger partial charge in [0.15, 0.2) is 0 Å². The van der Waals surface area contributed by atoms with Gasteiger partial charge in [-0.3, -0.25) is 0 Å².